The fraction of sp³-hybridized carbons (Fsp3) is 0.385. The zero-order chi connectivity index (χ0) is 26.7. The van der Waals surface area contributed by atoms with E-state index < -0.39 is 41.8 Å². The molecule has 0 saturated carbocycles. The molecule has 0 aromatic heterocycles. The quantitative estimate of drug-likeness (QED) is 0.236. The number of aliphatic carboxylic acids is 1. The Kier molecular flexibility index (Phi) is 10.9. The zero-order valence-electron chi connectivity index (χ0n) is 20.4. The van der Waals surface area contributed by atoms with Gasteiger partial charge in [0.05, 0.1) is 6.54 Å². The van der Waals surface area contributed by atoms with Crippen molar-refractivity contribution in [2.75, 3.05) is 6.54 Å². The summed E-state index contributed by atoms with van der Waals surface area (Å²) >= 11 is 0. The van der Waals surface area contributed by atoms with Crippen LogP contribution in [-0.4, -0.2) is 58.6 Å². The molecule has 2 rings (SSSR count). The molecule has 2 aromatic carbocycles. The normalized spacial score (nSPS) is 13.3. The van der Waals surface area contributed by atoms with E-state index in [2.05, 4.69) is 16.0 Å². The van der Waals surface area contributed by atoms with Crippen LogP contribution in [0.2, 0.25) is 0 Å². The Morgan fingerprint density at radius 2 is 1.31 bits per heavy atom. The van der Waals surface area contributed by atoms with E-state index in [4.69, 9.17) is 5.73 Å². The maximum absolute atomic E-state index is 13.2. The number of carboxylic acid groups (broad SMARTS) is 1. The average Bonchev–Trinajstić information content (AvgIpc) is 2.84. The third-order valence-electron chi connectivity index (χ3n) is 5.45. The van der Waals surface area contributed by atoms with Gasteiger partial charge in [0.25, 0.3) is 0 Å². The number of phenols is 1. The van der Waals surface area contributed by atoms with Crippen LogP contribution in [-0.2, 0) is 32.0 Å². The number of nitrogens with two attached hydrogens (primary N) is 1. The number of hydrogen-bond donors (Lipinski definition) is 6. The summed E-state index contributed by atoms with van der Waals surface area (Å²) in [5.74, 6) is -2.92. The molecule has 0 heterocycles. The van der Waals surface area contributed by atoms with E-state index in [1.807, 2.05) is 44.2 Å². The van der Waals surface area contributed by atoms with Crippen LogP contribution in [0.4, 0.5) is 0 Å². The molecule has 194 valence electrons. The summed E-state index contributed by atoms with van der Waals surface area (Å²) in [5.41, 5.74) is 6.82. The van der Waals surface area contributed by atoms with E-state index in [9.17, 15) is 29.4 Å². The van der Waals surface area contributed by atoms with E-state index in [1.54, 1.807) is 12.1 Å². The zero-order valence-corrected chi connectivity index (χ0v) is 20.4. The van der Waals surface area contributed by atoms with Gasteiger partial charge in [-0.3, -0.25) is 14.4 Å². The summed E-state index contributed by atoms with van der Waals surface area (Å²) in [7, 11) is 0. The van der Waals surface area contributed by atoms with Crippen molar-refractivity contribution in [3.63, 3.8) is 0 Å². The molecule has 7 N–H and O–H groups in total. The lowest BCUT2D eigenvalue weighted by atomic mass is 10.00. The molecule has 0 aliphatic carbocycles. The number of hydrogen-bond acceptors (Lipinski definition) is 6. The highest BCUT2D eigenvalue weighted by molar-refractivity contribution is 5.93. The van der Waals surface area contributed by atoms with Crippen LogP contribution in [0.25, 0.3) is 0 Å². The van der Waals surface area contributed by atoms with Gasteiger partial charge in [0.1, 0.15) is 23.9 Å². The molecular weight excluding hydrogens is 464 g/mol. The van der Waals surface area contributed by atoms with Crippen LogP contribution in [0.1, 0.15) is 31.4 Å². The van der Waals surface area contributed by atoms with Gasteiger partial charge in [-0.2, -0.15) is 0 Å². The van der Waals surface area contributed by atoms with Gasteiger partial charge in [-0.05, 0) is 35.6 Å². The monoisotopic (exact) mass is 498 g/mol. The van der Waals surface area contributed by atoms with Crippen molar-refractivity contribution >= 4 is 23.7 Å². The summed E-state index contributed by atoms with van der Waals surface area (Å²) in [4.78, 5) is 50.0. The number of rotatable bonds is 13. The Bertz CT molecular complexity index is 1030. The van der Waals surface area contributed by atoms with Gasteiger partial charge in [0.15, 0.2) is 0 Å². The standard InChI is InChI=1S/C26H34N4O6/c1-16(2)12-20(24(33)30-22(26(35)36)14-18-8-10-19(31)11-9-18)29-25(34)21(28-23(32)15-27)13-17-6-4-3-5-7-17/h3-11,16,20-22,31H,12-15,27H2,1-2H3,(H,28,32)(H,29,34)(H,30,33)(H,35,36)/t20-,21-,22-/m0/s1. The molecule has 0 fully saturated rings. The minimum atomic E-state index is -1.24. The Morgan fingerprint density at radius 1 is 0.778 bits per heavy atom. The number of carbonyl (C=O) groups is 4. The molecule has 0 unspecified atom stereocenters. The highest BCUT2D eigenvalue weighted by atomic mass is 16.4. The number of phenolic OH excluding ortho intramolecular Hbond substituents is 1. The van der Waals surface area contributed by atoms with Gasteiger partial charge >= 0.3 is 5.97 Å². The lowest BCUT2D eigenvalue weighted by molar-refractivity contribution is -0.142. The molecule has 0 bridgehead atoms. The van der Waals surface area contributed by atoms with Crippen LogP contribution in [0.15, 0.2) is 54.6 Å². The molecule has 2 aromatic rings. The van der Waals surface area contributed by atoms with Crippen LogP contribution in [0.5, 0.6) is 5.75 Å². The average molecular weight is 499 g/mol. The van der Waals surface area contributed by atoms with E-state index in [1.165, 1.54) is 12.1 Å². The largest absolute Gasteiger partial charge is 0.508 e. The summed E-state index contributed by atoms with van der Waals surface area (Å²) in [5, 5.41) is 26.9. The molecule has 10 heteroatoms. The fourth-order valence-electron chi connectivity index (χ4n) is 3.63. The second-order valence-corrected chi connectivity index (χ2v) is 8.97. The number of aromatic hydroxyl groups is 1. The maximum Gasteiger partial charge on any atom is 0.326 e. The van der Waals surface area contributed by atoms with Crippen LogP contribution in [0.3, 0.4) is 0 Å². The molecule has 0 aliphatic heterocycles. The number of carbonyl (C=O) groups excluding carboxylic acids is 3. The first kappa shape index (κ1) is 28.3. The Labute approximate surface area is 210 Å². The SMILES string of the molecule is CC(C)C[C@H](NC(=O)[C@H](Cc1ccccc1)NC(=O)CN)C(=O)N[C@@H](Cc1ccc(O)cc1)C(=O)O. The molecular formula is C26H34N4O6. The molecule has 10 nitrogen and oxygen atoms in total. The van der Waals surface area contributed by atoms with Gasteiger partial charge in [-0.25, -0.2) is 4.79 Å². The third-order valence-corrected chi connectivity index (χ3v) is 5.45. The second-order valence-electron chi connectivity index (χ2n) is 8.97. The second kappa shape index (κ2) is 13.8. The summed E-state index contributed by atoms with van der Waals surface area (Å²) in [6.45, 7) is 3.44. The van der Waals surface area contributed by atoms with E-state index in [-0.39, 0.29) is 37.5 Å². The number of nitrogens with one attached hydrogen (secondary N) is 3. The molecule has 36 heavy (non-hydrogen) atoms. The highest BCUT2D eigenvalue weighted by Gasteiger charge is 2.30. The first-order valence-corrected chi connectivity index (χ1v) is 11.7. The third kappa shape index (κ3) is 9.38. The lowest BCUT2D eigenvalue weighted by Crippen LogP contribution is -2.57. The predicted molar refractivity (Wildman–Crippen MR) is 134 cm³/mol. The van der Waals surface area contributed by atoms with Crippen LogP contribution >= 0.6 is 0 Å². The minimum absolute atomic E-state index is 0.00706. The van der Waals surface area contributed by atoms with Crippen molar-refractivity contribution in [1.29, 1.82) is 0 Å². The Morgan fingerprint density at radius 3 is 1.86 bits per heavy atom. The number of amides is 3. The number of carboxylic acids is 1. The fourth-order valence-corrected chi connectivity index (χ4v) is 3.63. The molecule has 3 amide bonds. The first-order chi connectivity index (χ1) is 17.1. The van der Waals surface area contributed by atoms with E-state index in [0.29, 0.717) is 5.56 Å². The van der Waals surface area contributed by atoms with Gasteiger partial charge in [0.2, 0.25) is 17.7 Å². The van der Waals surface area contributed by atoms with Crippen LogP contribution in [0, 0.1) is 5.92 Å². The topological polar surface area (TPSA) is 171 Å². The van der Waals surface area contributed by atoms with Gasteiger partial charge in [-0.15, -0.1) is 0 Å². The molecule has 0 saturated heterocycles. The molecule has 0 aliphatic rings. The van der Waals surface area contributed by atoms with Gasteiger partial charge < -0.3 is 31.9 Å². The molecule has 3 atom stereocenters. The van der Waals surface area contributed by atoms with Crippen molar-refractivity contribution < 1.29 is 29.4 Å². The lowest BCUT2D eigenvalue weighted by Gasteiger charge is -2.25. The van der Waals surface area contributed by atoms with Crippen LogP contribution < -0.4 is 21.7 Å². The summed E-state index contributed by atoms with van der Waals surface area (Å²) in [6.07, 6.45) is 0.436. The highest BCUT2D eigenvalue weighted by Crippen LogP contribution is 2.13. The van der Waals surface area contributed by atoms with Crippen molar-refractivity contribution in [2.24, 2.45) is 11.7 Å². The van der Waals surface area contributed by atoms with Crippen molar-refractivity contribution in [3.05, 3.63) is 65.7 Å². The van der Waals surface area contributed by atoms with E-state index in [0.717, 1.165) is 5.56 Å². The Hall–Kier alpha value is -3.92. The predicted octanol–water partition coefficient (Wildman–Crippen LogP) is 0.721. The van der Waals surface area contributed by atoms with E-state index >= 15 is 0 Å². The maximum atomic E-state index is 13.2. The molecule has 0 spiro atoms. The number of benzene rings is 2. The first-order valence-electron chi connectivity index (χ1n) is 11.7. The van der Waals surface area contributed by atoms with Gasteiger partial charge in [0, 0.05) is 12.8 Å². The van der Waals surface area contributed by atoms with Crippen molar-refractivity contribution in [1.82, 2.24) is 16.0 Å². The smallest absolute Gasteiger partial charge is 0.326 e. The Balaban J connectivity index is 2.17. The summed E-state index contributed by atoms with van der Waals surface area (Å²) in [6, 6.07) is 11.8. The van der Waals surface area contributed by atoms with Crippen molar-refractivity contribution in [3.8, 4) is 5.75 Å². The minimum Gasteiger partial charge on any atom is -0.508 e. The summed E-state index contributed by atoms with van der Waals surface area (Å²) < 4.78 is 0. The van der Waals surface area contributed by atoms with Crippen molar-refractivity contribution in [2.45, 2.75) is 51.2 Å². The molecule has 0 radical (unpaired) electrons. The van der Waals surface area contributed by atoms with Gasteiger partial charge in [-0.1, -0.05) is 56.3 Å².